The number of carbonyl (C=O) groups is 1. The molecule has 1 saturated heterocycles. The fourth-order valence-corrected chi connectivity index (χ4v) is 1.59. The number of allylic oxidation sites excluding steroid dienone is 3. The van der Waals surface area contributed by atoms with Gasteiger partial charge in [0, 0.05) is 13.0 Å². The highest BCUT2D eigenvalue weighted by molar-refractivity contribution is 6.02. The average molecular weight is 160 g/mol. The van der Waals surface area contributed by atoms with Crippen molar-refractivity contribution in [3.8, 4) is 6.07 Å². The standard InChI is InChI=1S/C9H8N2O/c10-5-7-8(12)2-1-6-3-4-11-9(6)7/h1,11H,2-4H2. The van der Waals surface area contributed by atoms with Crippen LogP contribution in [-0.2, 0) is 4.79 Å². The lowest BCUT2D eigenvalue weighted by molar-refractivity contribution is -0.114. The third kappa shape index (κ3) is 0.850. The van der Waals surface area contributed by atoms with Crippen molar-refractivity contribution in [2.75, 3.05) is 6.54 Å². The second-order valence-corrected chi connectivity index (χ2v) is 2.90. The number of carbonyl (C=O) groups excluding carboxylic acids is 1. The molecule has 1 aliphatic heterocycles. The van der Waals surface area contributed by atoms with E-state index in [-0.39, 0.29) is 5.78 Å². The van der Waals surface area contributed by atoms with Crippen molar-refractivity contribution in [3.05, 3.63) is 22.9 Å². The van der Waals surface area contributed by atoms with E-state index in [0.29, 0.717) is 12.0 Å². The van der Waals surface area contributed by atoms with E-state index in [2.05, 4.69) is 5.32 Å². The summed E-state index contributed by atoms with van der Waals surface area (Å²) in [5, 5.41) is 11.8. The van der Waals surface area contributed by atoms with Gasteiger partial charge in [-0.15, -0.1) is 0 Å². The summed E-state index contributed by atoms with van der Waals surface area (Å²) in [4.78, 5) is 11.2. The molecule has 60 valence electrons. The maximum absolute atomic E-state index is 11.2. The van der Waals surface area contributed by atoms with Gasteiger partial charge in [0.25, 0.3) is 0 Å². The number of fused-ring (bicyclic) bond motifs is 1. The molecule has 2 aliphatic rings. The first-order valence-corrected chi connectivity index (χ1v) is 3.94. The highest BCUT2D eigenvalue weighted by Gasteiger charge is 2.25. The van der Waals surface area contributed by atoms with Crippen molar-refractivity contribution in [3.63, 3.8) is 0 Å². The van der Waals surface area contributed by atoms with E-state index >= 15 is 0 Å². The van der Waals surface area contributed by atoms with Crippen LogP contribution in [-0.4, -0.2) is 12.3 Å². The van der Waals surface area contributed by atoms with Crippen LogP contribution in [0.1, 0.15) is 12.8 Å². The molecule has 1 N–H and O–H groups in total. The fraction of sp³-hybridized carbons (Fsp3) is 0.333. The van der Waals surface area contributed by atoms with Crippen LogP contribution >= 0.6 is 0 Å². The first kappa shape index (κ1) is 7.11. The number of nitrogens with zero attached hydrogens (tertiary/aromatic N) is 1. The number of nitrogens with one attached hydrogen (secondary N) is 1. The van der Waals surface area contributed by atoms with Crippen molar-refractivity contribution in [1.82, 2.24) is 5.32 Å². The maximum Gasteiger partial charge on any atom is 0.179 e. The van der Waals surface area contributed by atoms with Gasteiger partial charge in [0.05, 0.1) is 5.70 Å². The Morgan fingerprint density at radius 1 is 1.58 bits per heavy atom. The molecule has 0 atom stereocenters. The molecule has 0 saturated carbocycles. The summed E-state index contributed by atoms with van der Waals surface area (Å²) in [6.07, 6.45) is 3.25. The van der Waals surface area contributed by atoms with Gasteiger partial charge in [-0.25, -0.2) is 0 Å². The lowest BCUT2D eigenvalue weighted by Gasteiger charge is -2.09. The van der Waals surface area contributed by atoms with E-state index in [1.54, 1.807) is 0 Å². The number of hydrogen-bond acceptors (Lipinski definition) is 3. The smallest absolute Gasteiger partial charge is 0.179 e. The summed E-state index contributed by atoms with van der Waals surface area (Å²) in [6.45, 7) is 0.847. The van der Waals surface area contributed by atoms with Crippen LogP contribution in [0, 0.1) is 11.3 Å². The quantitative estimate of drug-likeness (QED) is 0.566. The average Bonchev–Trinajstić information content (AvgIpc) is 2.52. The van der Waals surface area contributed by atoms with E-state index in [4.69, 9.17) is 5.26 Å². The summed E-state index contributed by atoms with van der Waals surface area (Å²) < 4.78 is 0. The summed E-state index contributed by atoms with van der Waals surface area (Å²) >= 11 is 0. The predicted octanol–water partition coefficient (Wildman–Crippen LogP) is 0.657. The van der Waals surface area contributed by atoms with Crippen molar-refractivity contribution in [1.29, 1.82) is 5.26 Å². The second kappa shape index (κ2) is 2.49. The maximum atomic E-state index is 11.2. The second-order valence-electron chi connectivity index (χ2n) is 2.90. The van der Waals surface area contributed by atoms with Crippen LogP contribution in [0.4, 0.5) is 0 Å². The molecule has 0 aromatic rings. The first-order chi connectivity index (χ1) is 5.83. The van der Waals surface area contributed by atoms with Crippen molar-refractivity contribution < 1.29 is 4.79 Å². The van der Waals surface area contributed by atoms with E-state index in [9.17, 15) is 4.79 Å². The molecule has 0 aromatic heterocycles. The summed E-state index contributed by atoms with van der Waals surface area (Å²) in [5.41, 5.74) is 2.21. The molecule has 12 heavy (non-hydrogen) atoms. The molecule has 3 nitrogen and oxygen atoms in total. The normalized spacial score (nSPS) is 21.2. The van der Waals surface area contributed by atoms with E-state index in [1.165, 1.54) is 0 Å². The molecule has 0 unspecified atom stereocenters. The van der Waals surface area contributed by atoms with Crippen LogP contribution in [0.3, 0.4) is 0 Å². The summed E-state index contributed by atoms with van der Waals surface area (Å²) in [7, 11) is 0. The van der Waals surface area contributed by atoms with Gasteiger partial charge < -0.3 is 5.32 Å². The largest absolute Gasteiger partial charge is 0.383 e. The molecule has 1 fully saturated rings. The topological polar surface area (TPSA) is 52.9 Å². The fourth-order valence-electron chi connectivity index (χ4n) is 1.59. The van der Waals surface area contributed by atoms with Crippen molar-refractivity contribution in [2.24, 2.45) is 0 Å². The third-order valence-corrected chi connectivity index (χ3v) is 2.19. The summed E-state index contributed by atoms with van der Waals surface area (Å²) in [5.74, 6) is -0.0642. The lowest BCUT2D eigenvalue weighted by atomic mass is 9.96. The van der Waals surface area contributed by atoms with Crippen molar-refractivity contribution >= 4 is 5.78 Å². The van der Waals surface area contributed by atoms with Gasteiger partial charge in [0.2, 0.25) is 0 Å². The molecule has 1 heterocycles. The Bertz CT molecular complexity index is 344. The van der Waals surface area contributed by atoms with E-state index < -0.39 is 0 Å². The molecule has 0 bridgehead atoms. The van der Waals surface area contributed by atoms with E-state index in [1.807, 2.05) is 12.1 Å². The van der Waals surface area contributed by atoms with E-state index in [0.717, 1.165) is 24.2 Å². The Labute approximate surface area is 70.4 Å². The zero-order valence-corrected chi connectivity index (χ0v) is 6.55. The molecule has 0 radical (unpaired) electrons. The van der Waals surface area contributed by atoms with Gasteiger partial charge in [0.1, 0.15) is 11.6 Å². The van der Waals surface area contributed by atoms with Gasteiger partial charge in [-0.1, -0.05) is 6.08 Å². The number of hydrogen-bond donors (Lipinski definition) is 1. The predicted molar refractivity (Wildman–Crippen MR) is 43.0 cm³/mol. The molecule has 3 heteroatoms. The Morgan fingerprint density at radius 2 is 2.42 bits per heavy atom. The number of Topliss-reactive ketones (excluding diaryl/α,β-unsaturated/α-hetero) is 1. The molecule has 2 rings (SSSR count). The number of rotatable bonds is 0. The minimum Gasteiger partial charge on any atom is -0.383 e. The zero-order chi connectivity index (χ0) is 8.55. The number of nitriles is 1. The highest BCUT2D eigenvalue weighted by atomic mass is 16.1. The minimum absolute atomic E-state index is 0.0642. The van der Waals surface area contributed by atoms with Crippen LogP contribution in [0.15, 0.2) is 22.9 Å². The molecule has 1 aliphatic carbocycles. The minimum atomic E-state index is -0.0642. The molecular formula is C9H8N2O. The molecule has 0 amide bonds. The Kier molecular flexibility index (Phi) is 1.47. The van der Waals surface area contributed by atoms with Gasteiger partial charge in [-0.2, -0.15) is 5.26 Å². The first-order valence-electron chi connectivity index (χ1n) is 3.94. The highest BCUT2D eigenvalue weighted by Crippen LogP contribution is 2.26. The van der Waals surface area contributed by atoms with Crippen LogP contribution in [0.5, 0.6) is 0 Å². The van der Waals surface area contributed by atoms with Crippen molar-refractivity contribution in [2.45, 2.75) is 12.8 Å². The lowest BCUT2D eigenvalue weighted by Crippen LogP contribution is -2.14. The molecule has 0 spiro atoms. The number of ketones is 1. The monoisotopic (exact) mass is 160 g/mol. The van der Waals surface area contributed by atoms with Crippen LogP contribution in [0.2, 0.25) is 0 Å². The molecule has 0 aromatic carbocycles. The third-order valence-electron chi connectivity index (χ3n) is 2.19. The zero-order valence-electron chi connectivity index (χ0n) is 6.55. The van der Waals surface area contributed by atoms with Gasteiger partial charge in [-0.05, 0) is 12.0 Å². The van der Waals surface area contributed by atoms with Gasteiger partial charge in [0.15, 0.2) is 5.78 Å². The van der Waals surface area contributed by atoms with Crippen LogP contribution < -0.4 is 5.32 Å². The Morgan fingerprint density at radius 3 is 3.17 bits per heavy atom. The SMILES string of the molecule is N#CC1=C2NCCC2=CCC1=O. The Balaban J connectivity index is 2.52. The van der Waals surface area contributed by atoms with Crippen LogP contribution in [0.25, 0.3) is 0 Å². The van der Waals surface area contributed by atoms with Gasteiger partial charge in [-0.3, -0.25) is 4.79 Å². The summed E-state index contributed by atoms with van der Waals surface area (Å²) in [6, 6.07) is 1.95. The Hall–Kier alpha value is -1.56. The molecular weight excluding hydrogens is 152 g/mol. The van der Waals surface area contributed by atoms with Gasteiger partial charge >= 0.3 is 0 Å².